The van der Waals surface area contributed by atoms with E-state index in [0.717, 1.165) is 10.4 Å². The average molecular weight is 425 g/mol. The molecular weight excluding hydrogens is 411 g/mol. The van der Waals surface area contributed by atoms with E-state index < -0.39 is 18.2 Å². The summed E-state index contributed by atoms with van der Waals surface area (Å²) in [6, 6.07) is 8.30. The maximum atomic E-state index is 12.6. The summed E-state index contributed by atoms with van der Waals surface area (Å²) in [6.07, 6.45) is -4.64. The van der Waals surface area contributed by atoms with Gasteiger partial charge in [0.15, 0.2) is 0 Å². The normalized spacial score (nSPS) is 13.9. The number of carbonyl (C=O) groups excluding carboxylic acids is 1. The SMILES string of the molecule is COc1ccc(OC(=O)N2CCc3sc(-c4noc(C(F)(F)F)n4)cc3C2)cc1. The molecule has 2 aromatic heterocycles. The van der Waals surface area contributed by atoms with Crippen LogP contribution in [0.15, 0.2) is 34.9 Å². The van der Waals surface area contributed by atoms with Crippen LogP contribution in [0.2, 0.25) is 0 Å². The Bertz CT molecular complexity index is 1030. The molecule has 7 nitrogen and oxygen atoms in total. The second-order valence-electron chi connectivity index (χ2n) is 6.20. The molecule has 29 heavy (non-hydrogen) atoms. The van der Waals surface area contributed by atoms with E-state index in [9.17, 15) is 18.0 Å². The third-order valence-corrected chi connectivity index (χ3v) is 5.51. The van der Waals surface area contributed by atoms with Gasteiger partial charge < -0.3 is 18.9 Å². The lowest BCUT2D eigenvalue weighted by Gasteiger charge is -2.26. The Kier molecular flexibility index (Phi) is 4.91. The summed E-state index contributed by atoms with van der Waals surface area (Å²) >= 11 is 1.29. The Labute approximate surface area is 166 Å². The number of hydrogen-bond donors (Lipinski definition) is 0. The fourth-order valence-electron chi connectivity index (χ4n) is 2.85. The summed E-state index contributed by atoms with van der Waals surface area (Å²) in [4.78, 5) is 18.8. The van der Waals surface area contributed by atoms with Gasteiger partial charge in [-0.05, 0) is 42.3 Å². The second kappa shape index (κ2) is 7.39. The second-order valence-corrected chi connectivity index (χ2v) is 7.33. The maximum absolute atomic E-state index is 12.6. The number of carbonyl (C=O) groups is 1. The summed E-state index contributed by atoms with van der Waals surface area (Å²) in [7, 11) is 1.54. The number of hydrogen-bond acceptors (Lipinski definition) is 7. The number of ether oxygens (including phenoxy) is 2. The van der Waals surface area contributed by atoms with Gasteiger partial charge in [0, 0.05) is 11.4 Å². The number of alkyl halides is 3. The first-order valence-corrected chi connectivity index (χ1v) is 9.29. The molecule has 1 aliphatic heterocycles. The van der Waals surface area contributed by atoms with E-state index in [0.29, 0.717) is 29.3 Å². The van der Waals surface area contributed by atoms with Gasteiger partial charge in [-0.3, -0.25) is 0 Å². The third kappa shape index (κ3) is 4.04. The third-order valence-electron chi connectivity index (χ3n) is 4.28. The number of aromatic nitrogens is 2. The minimum absolute atomic E-state index is 0.121. The van der Waals surface area contributed by atoms with Crippen LogP contribution in [0.25, 0.3) is 10.7 Å². The van der Waals surface area contributed by atoms with Crippen molar-refractivity contribution < 1.29 is 32.0 Å². The van der Waals surface area contributed by atoms with Crippen molar-refractivity contribution in [2.24, 2.45) is 0 Å². The highest BCUT2D eigenvalue weighted by Gasteiger charge is 2.39. The predicted octanol–water partition coefficient (Wildman–Crippen LogP) is 4.38. The monoisotopic (exact) mass is 425 g/mol. The lowest BCUT2D eigenvalue weighted by atomic mass is 10.1. The number of amides is 1. The van der Waals surface area contributed by atoms with E-state index >= 15 is 0 Å². The van der Waals surface area contributed by atoms with Crippen molar-refractivity contribution in [3.63, 3.8) is 0 Å². The predicted molar refractivity (Wildman–Crippen MR) is 95.7 cm³/mol. The molecule has 0 spiro atoms. The van der Waals surface area contributed by atoms with E-state index in [1.807, 2.05) is 0 Å². The van der Waals surface area contributed by atoms with Crippen LogP contribution < -0.4 is 9.47 Å². The average Bonchev–Trinajstić information content (AvgIpc) is 3.34. The van der Waals surface area contributed by atoms with Gasteiger partial charge in [-0.25, -0.2) is 4.79 Å². The van der Waals surface area contributed by atoms with E-state index in [1.165, 1.54) is 16.2 Å². The zero-order valence-corrected chi connectivity index (χ0v) is 15.8. The van der Waals surface area contributed by atoms with Gasteiger partial charge in [0.25, 0.3) is 0 Å². The number of methoxy groups -OCH3 is 1. The standard InChI is InChI=1S/C18H14F3N3O4S/c1-26-11-2-4-12(5-3-11)27-17(25)24-7-6-13-10(9-24)8-14(29-13)15-22-16(28-23-15)18(19,20)21/h2-5,8H,6-7,9H2,1H3. The number of thiophene rings is 1. The minimum atomic E-state index is -4.69. The lowest BCUT2D eigenvalue weighted by molar-refractivity contribution is -0.159. The zero-order valence-electron chi connectivity index (χ0n) is 15.0. The van der Waals surface area contributed by atoms with Crippen LogP contribution in [-0.2, 0) is 19.1 Å². The van der Waals surface area contributed by atoms with Crippen LogP contribution >= 0.6 is 11.3 Å². The molecule has 3 aromatic rings. The van der Waals surface area contributed by atoms with Crippen molar-refractivity contribution in [3.8, 4) is 22.2 Å². The smallest absolute Gasteiger partial charge is 0.471 e. The van der Waals surface area contributed by atoms with E-state index in [-0.39, 0.29) is 12.4 Å². The summed E-state index contributed by atoms with van der Waals surface area (Å²) in [5.74, 6) is -0.472. The Balaban J connectivity index is 1.45. The fourth-order valence-corrected chi connectivity index (χ4v) is 3.94. The molecule has 0 fully saturated rings. The molecular formula is C18H14F3N3O4S. The Morgan fingerprint density at radius 1 is 1.24 bits per heavy atom. The number of benzene rings is 1. The number of rotatable bonds is 3. The molecule has 0 atom stereocenters. The van der Waals surface area contributed by atoms with Crippen LogP contribution in [0.5, 0.6) is 11.5 Å². The quantitative estimate of drug-likeness (QED) is 0.620. The number of halogens is 3. The molecule has 152 valence electrons. The molecule has 0 unspecified atom stereocenters. The highest BCUT2D eigenvalue weighted by Crippen LogP contribution is 2.35. The molecule has 0 radical (unpaired) electrons. The molecule has 0 N–H and O–H groups in total. The molecule has 0 aliphatic carbocycles. The van der Waals surface area contributed by atoms with Gasteiger partial charge in [-0.15, -0.1) is 11.3 Å². The first-order valence-electron chi connectivity index (χ1n) is 8.47. The van der Waals surface area contributed by atoms with Gasteiger partial charge in [0.05, 0.1) is 18.5 Å². The van der Waals surface area contributed by atoms with Gasteiger partial charge in [0.1, 0.15) is 11.5 Å². The summed E-state index contributed by atoms with van der Waals surface area (Å²) in [5.41, 5.74) is 0.821. The molecule has 1 aliphatic rings. The van der Waals surface area contributed by atoms with Gasteiger partial charge in [-0.2, -0.15) is 18.2 Å². The minimum Gasteiger partial charge on any atom is -0.497 e. The van der Waals surface area contributed by atoms with E-state index in [4.69, 9.17) is 9.47 Å². The summed E-state index contributed by atoms with van der Waals surface area (Å²) in [5, 5.41) is 3.41. The van der Waals surface area contributed by atoms with Gasteiger partial charge in [-0.1, -0.05) is 5.16 Å². The Hall–Kier alpha value is -3.08. The number of fused-ring (bicyclic) bond motifs is 1. The molecule has 1 amide bonds. The lowest BCUT2D eigenvalue weighted by Crippen LogP contribution is -2.37. The molecule has 3 heterocycles. The zero-order chi connectivity index (χ0) is 20.6. The summed E-state index contributed by atoms with van der Waals surface area (Å²) < 4.78 is 52.7. The van der Waals surface area contributed by atoms with Crippen molar-refractivity contribution in [2.75, 3.05) is 13.7 Å². The van der Waals surface area contributed by atoms with Crippen LogP contribution in [0.3, 0.4) is 0 Å². The van der Waals surface area contributed by atoms with Crippen LogP contribution in [0.1, 0.15) is 16.3 Å². The highest BCUT2D eigenvalue weighted by molar-refractivity contribution is 7.15. The Morgan fingerprint density at radius 2 is 1.97 bits per heavy atom. The van der Waals surface area contributed by atoms with Crippen molar-refractivity contribution >= 4 is 17.4 Å². The van der Waals surface area contributed by atoms with Crippen LogP contribution in [0.4, 0.5) is 18.0 Å². The van der Waals surface area contributed by atoms with Crippen molar-refractivity contribution in [2.45, 2.75) is 19.1 Å². The molecule has 0 saturated carbocycles. The molecule has 1 aromatic carbocycles. The van der Waals surface area contributed by atoms with Crippen LogP contribution in [-0.4, -0.2) is 34.8 Å². The van der Waals surface area contributed by atoms with Crippen LogP contribution in [0, 0.1) is 0 Å². The van der Waals surface area contributed by atoms with Gasteiger partial charge >= 0.3 is 18.2 Å². The molecule has 11 heteroatoms. The van der Waals surface area contributed by atoms with Crippen molar-refractivity contribution in [3.05, 3.63) is 46.7 Å². The summed E-state index contributed by atoms with van der Waals surface area (Å²) in [6.45, 7) is 0.715. The topological polar surface area (TPSA) is 77.7 Å². The highest BCUT2D eigenvalue weighted by atomic mass is 32.1. The van der Waals surface area contributed by atoms with Gasteiger partial charge in [0.2, 0.25) is 5.82 Å². The first-order chi connectivity index (χ1) is 13.8. The maximum Gasteiger partial charge on any atom is 0.471 e. The van der Waals surface area contributed by atoms with E-state index in [2.05, 4.69) is 14.7 Å². The number of nitrogens with zero attached hydrogens (tertiary/aromatic N) is 3. The largest absolute Gasteiger partial charge is 0.497 e. The Morgan fingerprint density at radius 3 is 2.62 bits per heavy atom. The van der Waals surface area contributed by atoms with Crippen molar-refractivity contribution in [1.82, 2.24) is 15.0 Å². The first kappa shape index (κ1) is 19.2. The molecule has 0 bridgehead atoms. The molecule has 0 saturated heterocycles. The van der Waals surface area contributed by atoms with Crippen molar-refractivity contribution in [1.29, 1.82) is 0 Å². The fraction of sp³-hybridized carbons (Fsp3) is 0.278. The molecule has 4 rings (SSSR count). The van der Waals surface area contributed by atoms with E-state index in [1.54, 1.807) is 37.4 Å².